The van der Waals surface area contributed by atoms with Crippen LogP contribution in [0, 0.1) is 6.92 Å². The van der Waals surface area contributed by atoms with Crippen LogP contribution in [0.5, 0.6) is 0 Å². The number of anilines is 1. The number of rotatable bonds is 8. The topological polar surface area (TPSA) is 105 Å². The van der Waals surface area contributed by atoms with Crippen molar-refractivity contribution in [2.45, 2.75) is 56.7 Å². The number of amides is 2. The Hall–Kier alpha value is -5.25. The maximum absolute atomic E-state index is 14.5. The van der Waals surface area contributed by atoms with Gasteiger partial charge >= 0.3 is 6.09 Å². The number of nitrogens with one attached hydrogen (secondary N) is 2. The predicted octanol–water partition coefficient (Wildman–Crippen LogP) is 8.29. The lowest BCUT2D eigenvalue weighted by molar-refractivity contribution is -0.120. The summed E-state index contributed by atoms with van der Waals surface area (Å²) in [6.45, 7) is 7.09. The second kappa shape index (κ2) is 14.3. The summed E-state index contributed by atoms with van der Waals surface area (Å²) < 4.78 is 35.2. The van der Waals surface area contributed by atoms with E-state index in [4.69, 9.17) is 4.74 Å². The van der Waals surface area contributed by atoms with Gasteiger partial charge in [0.1, 0.15) is 11.6 Å². The van der Waals surface area contributed by atoms with Gasteiger partial charge in [0, 0.05) is 23.7 Å². The molecule has 1 aliphatic heterocycles. The van der Waals surface area contributed by atoms with Crippen LogP contribution in [0.15, 0.2) is 132 Å². The van der Waals surface area contributed by atoms with Gasteiger partial charge in [-0.2, -0.15) is 0 Å². The van der Waals surface area contributed by atoms with Crippen LogP contribution in [0.25, 0.3) is 33.4 Å². The maximum Gasteiger partial charge on any atom is 0.411 e. The van der Waals surface area contributed by atoms with Crippen LogP contribution in [-0.4, -0.2) is 49.5 Å². The fourth-order valence-corrected chi connectivity index (χ4v) is 7.41. The van der Waals surface area contributed by atoms with Crippen LogP contribution < -0.4 is 10.0 Å². The first-order chi connectivity index (χ1) is 23.9. The number of carbonyl (C=O) groups excluding carboxylic acids is 2. The number of carbonyl (C=O) groups is 2. The number of sulfonamides is 1. The van der Waals surface area contributed by atoms with Crippen molar-refractivity contribution in [3.05, 3.63) is 133 Å². The second-order valence-electron chi connectivity index (χ2n) is 13.5. The lowest BCUT2D eigenvalue weighted by atomic mass is 9.90. The van der Waals surface area contributed by atoms with E-state index in [1.54, 1.807) is 32.9 Å². The minimum Gasteiger partial charge on any atom is -0.444 e. The monoisotopic (exact) mass is 687 g/mol. The van der Waals surface area contributed by atoms with E-state index in [1.165, 1.54) is 17.0 Å². The van der Waals surface area contributed by atoms with Crippen molar-refractivity contribution < 1.29 is 22.7 Å². The minimum atomic E-state index is -3.93. The summed E-state index contributed by atoms with van der Waals surface area (Å²) in [5, 5.41) is 3.20. The van der Waals surface area contributed by atoms with E-state index in [0.29, 0.717) is 5.69 Å². The Labute approximate surface area is 294 Å². The number of hydrogen-bond donors (Lipinski definition) is 2. The van der Waals surface area contributed by atoms with Crippen LogP contribution >= 0.6 is 0 Å². The highest BCUT2D eigenvalue weighted by Crippen LogP contribution is 2.41. The molecule has 5 aromatic rings. The van der Waals surface area contributed by atoms with E-state index < -0.39 is 39.7 Å². The summed E-state index contributed by atoms with van der Waals surface area (Å²) in [5.74, 6) is -0.449. The van der Waals surface area contributed by atoms with Gasteiger partial charge in [0.2, 0.25) is 15.9 Å². The third kappa shape index (κ3) is 7.96. The molecular weight excluding hydrogens is 647 g/mol. The highest BCUT2D eigenvalue weighted by Gasteiger charge is 2.43. The van der Waals surface area contributed by atoms with Crippen LogP contribution in [0.4, 0.5) is 10.5 Å². The van der Waals surface area contributed by atoms with E-state index in [1.807, 2.05) is 97.9 Å². The third-order valence-corrected chi connectivity index (χ3v) is 10.1. The molecule has 0 bridgehead atoms. The lowest BCUT2D eigenvalue weighted by Gasteiger charge is -2.28. The third-order valence-electron chi connectivity index (χ3n) is 8.55. The Bertz CT molecular complexity index is 2020. The van der Waals surface area contributed by atoms with Gasteiger partial charge in [0.05, 0.1) is 10.6 Å². The van der Waals surface area contributed by atoms with Crippen molar-refractivity contribution >= 4 is 27.7 Å². The average molecular weight is 688 g/mol. The Morgan fingerprint density at radius 3 is 1.72 bits per heavy atom. The molecule has 6 rings (SSSR count). The minimum absolute atomic E-state index is 0.0396. The second-order valence-corrected chi connectivity index (χ2v) is 15.3. The molecule has 8 nitrogen and oxygen atoms in total. The maximum atomic E-state index is 14.5. The van der Waals surface area contributed by atoms with Crippen LogP contribution in [0.2, 0.25) is 0 Å². The zero-order valence-electron chi connectivity index (χ0n) is 28.6. The van der Waals surface area contributed by atoms with Gasteiger partial charge in [-0.05, 0) is 80.6 Å². The Kier molecular flexibility index (Phi) is 9.90. The molecule has 0 radical (unpaired) electrons. The summed E-state index contributed by atoms with van der Waals surface area (Å²) in [5.41, 5.74) is 6.09. The first-order valence-corrected chi connectivity index (χ1v) is 18.1. The molecule has 1 saturated heterocycles. The van der Waals surface area contributed by atoms with Crippen molar-refractivity contribution in [1.82, 2.24) is 9.62 Å². The molecule has 0 aliphatic carbocycles. The Balaban J connectivity index is 1.41. The predicted molar refractivity (Wildman–Crippen MR) is 198 cm³/mol. The highest BCUT2D eigenvalue weighted by atomic mass is 32.2. The number of ether oxygens (including phenoxy) is 1. The summed E-state index contributed by atoms with van der Waals surface area (Å²) in [6.07, 6.45) is -0.639. The molecule has 0 saturated carbocycles. The molecule has 2 amide bonds. The van der Waals surface area contributed by atoms with Crippen LogP contribution in [0.3, 0.4) is 0 Å². The zero-order valence-corrected chi connectivity index (χ0v) is 29.4. The van der Waals surface area contributed by atoms with Gasteiger partial charge in [0.15, 0.2) is 0 Å². The average Bonchev–Trinajstić information content (AvgIpc) is 3.52. The molecule has 0 aromatic heterocycles. The van der Waals surface area contributed by atoms with E-state index in [2.05, 4.69) is 22.2 Å². The molecule has 0 spiro atoms. The molecule has 2 atom stereocenters. The molecule has 50 heavy (non-hydrogen) atoms. The van der Waals surface area contributed by atoms with Gasteiger partial charge in [-0.3, -0.25) is 9.69 Å². The van der Waals surface area contributed by atoms with Crippen molar-refractivity contribution in [3.8, 4) is 33.4 Å². The van der Waals surface area contributed by atoms with Gasteiger partial charge in [0.25, 0.3) is 0 Å². The smallest absolute Gasteiger partial charge is 0.411 e. The zero-order chi connectivity index (χ0) is 35.5. The van der Waals surface area contributed by atoms with Crippen LogP contribution in [0.1, 0.15) is 32.8 Å². The van der Waals surface area contributed by atoms with Gasteiger partial charge in [-0.25, -0.2) is 17.9 Å². The number of likely N-dealkylation sites (tertiary alicyclic amines) is 1. The molecule has 5 aromatic carbocycles. The normalized spacial score (nSPS) is 16.2. The molecule has 256 valence electrons. The van der Waals surface area contributed by atoms with E-state index >= 15 is 0 Å². The molecule has 1 aliphatic rings. The largest absolute Gasteiger partial charge is 0.444 e. The Morgan fingerprint density at radius 2 is 1.22 bits per heavy atom. The van der Waals surface area contributed by atoms with Crippen molar-refractivity contribution in [2.24, 2.45) is 0 Å². The summed E-state index contributed by atoms with van der Waals surface area (Å²) in [7, 11) is -3.93. The number of aryl methyl sites for hydroxylation is 1. The Morgan fingerprint density at radius 1 is 0.720 bits per heavy atom. The molecular formula is C41H41N3O5S. The first-order valence-electron chi connectivity index (χ1n) is 16.6. The van der Waals surface area contributed by atoms with E-state index in [-0.39, 0.29) is 17.9 Å². The molecule has 1 heterocycles. The summed E-state index contributed by atoms with van der Waals surface area (Å²) in [4.78, 5) is 29.5. The molecule has 1 fully saturated rings. The number of benzene rings is 5. The van der Waals surface area contributed by atoms with E-state index in [0.717, 1.165) is 38.9 Å². The molecule has 0 unspecified atom stereocenters. The fraction of sp³-hybridized carbons (Fsp3) is 0.220. The van der Waals surface area contributed by atoms with Crippen molar-refractivity contribution in [3.63, 3.8) is 0 Å². The van der Waals surface area contributed by atoms with Crippen molar-refractivity contribution in [1.29, 1.82) is 0 Å². The van der Waals surface area contributed by atoms with Gasteiger partial charge in [-0.15, -0.1) is 0 Å². The lowest BCUT2D eigenvalue weighted by Crippen LogP contribution is -2.45. The van der Waals surface area contributed by atoms with Gasteiger partial charge < -0.3 is 10.1 Å². The molecule has 9 heteroatoms. The highest BCUT2D eigenvalue weighted by molar-refractivity contribution is 7.89. The SMILES string of the molecule is Cc1ccc(S(=O)(=O)N[C@H]2C[C@@H](C(=O)Nc3c(-c4ccccc4)cc(-c4ccccc4)cc3-c3ccccc3)N(C(=O)OC(C)(C)C)C2)cc1. The van der Waals surface area contributed by atoms with Crippen LogP contribution in [-0.2, 0) is 19.6 Å². The summed E-state index contributed by atoms with van der Waals surface area (Å²) in [6, 6.07) is 38.6. The van der Waals surface area contributed by atoms with E-state index in [9.17, 15) is 18.0 Å². The summed E-state index contributed by atoms with van der Waals surface area (Å²) >= 11 is 0. The molecule has 2 N–H and O–H groups in total. The number of nitrogens with zero attached hydrogens (tertiary/aromatic N) is 1. The number of hydrogen-bond acceptors (Lipinski definition) is 5. The first kappa shape index (κ1) is 34.6. The van der Waals surface area contributed by atoms with Gasteiger partial charge in [-0.1, -0.05) is 109 Å². The standard InChI is InChI=1S/C41H41N3O5S/c1-28-20-22-34(23-21-28)50(47,48)43-33-26-37(44(27-33)40(46)49-41(2,3)4)39(45)42-38-35(30-16-10-6-11-17-30)24-32(29-14-8-5-9-15-29)25-36(38)31-18-12-7-13-19-31/h5-25,33,37,43H,26-27H2,1-4H3,(H,42,45)/t33-,37-/m0/s1. The quantitative estimate of drug-likeness (QED) is 0.171. The fourth-order valence-electron chi connectivity index (χ4n) is 6.17. The van der Waals surface area contributed by atoms with Crippen molar-refractivity contribution in [2.75, 3.05) is 11.9 Å².